The second-order valence-corrected chi connectivity index (χ2v) is 11.4. The van der Waals surface area contributed by atoms with E-state index in [4.69, 9.17) is 4.43 Å². The molecule has 2 nitrogen and oxygen atoms in total. The topological polar surface area (TPSA) is 26.3 Å². The molecule has 0 aliphatic rings. The normalized spacial score (nSPS) is 14.1. The molecule has 1 atom stereocenters. The monoisotopic (exact) mass is 296 g/mol. The minimum atomic E-state index is -1.92. The molecule has 4 heteroatoms. The van der Waals surface area contributed by atoms with Crippen LogP contribution in [-0.4, -0.2) is 14.6 Å². The number of hydrogen-bond donors (Lipinski definition) is 0. The Labute approximate surface area is 122 Å². The quantitative estimate of drug-likeness (QED) is 0.553. The van der Waals surface area contributed by atoms with Gasteiger partial charge in [0.15, 0.2) is 8.32 Å². The molecule has 112 valence electrons. The Balaban J connectivity index is 2.95. The van der Waals surface area contributed by atoms with Crippen molar-refractivity contribution in [3.63, 3.8) is 0 Å². The van der Waals surface area contributed by atoms with Crippen molar-refractivity contribution in [3.05, 3.63) is 35.6 Å². The maximum Gasteiger partial charge on any atom is 0.192 e. The maximum absolute atomic E-state index is 13.0. The third-order valence-corrected chi connectivity index (χ3v) is 8.52. The van der Waals surface area contributed by atoms with Crippen molar-refractivity contribution in [3.8, 4) is 0 Å². The van der Waals surface area contributed by atoms with Crippen LogP contribution in [0, 0.1) is 5.82 Å². The largest absolute Gasteiger partial charge is 0.410 e. The zero-order chi connectivity index (χ0) is 15.4. The molecule has 0 heterocycles. The van der Waals surface area contributed by atoms with Crippen LogP contribution in [0.3, 0.4) is 0 Å². The van der Waals surface area contributed by atoms with Gasteiger partial charge in [0.1, 0.15) is 12.1 Å². The summed E-state index contributed by atoms with van der Waals surface area (Å²) in [5.41, 5.74) is 0.943. The fraction of sp³-hybridized carbons (Fsp3) is 0.562. The van der Waals surface area contributed by atoms with Gasteiger partial charge in [-0.1, -0.05) is 32.9 Å². The van der Waals surface area contributed by atoms with Gasteiger partial charge in [-0.3, -0.25) is 0 Å². The Morgan fingerprint density at radius 3 is 2.25 bits per heavy atom. The van der Waals surface area contributed by atoms with Crippen molar-refractivity contribution in [2.24, 2.45) is 0 Å². The summed E-state index contributed by atoms with van der Waals surface area (Å²) < 4.78 is 19.4. The first-order valence-corrected chi connectivity index (χ1v) is 9.95. The molecule has 1 aromatic carbocycles. The summed E-state index contributed by atoms with van der Waals surface area (Å²) in [5, 5.41) is 0.104. The van der Waals surface area contributed by atoms with E-state index in [0.717, 1.165) is 11.8 Å². The van der Waals surface area contributed by atoms with Crippen molar-refractivity contribution < 1.29 is 13.6 Å². The third kappa shape index (κ3) is 4.53. The molecule has 0 spiro atoms. The van der Waals surface area contributed by atoms with Gasteiger partial charge in [-0.05, 0) is 42.2 Å². The van der Waals surface area contributed by atoms with Crippen LogP contribution in [0.15, 0.2) is 24.3 Å². The molecule has 0 aromatic heterocycles. The van der Waals surface area contributed by atoms with Crippen LogP contribution in [0.4, 0.5) is 4.39 Å². The molecule has 0 saturated carbocycles. The first-order valence-electron chi connectivity index (χ1n) is 7.04. The first kappa shape index (κ1) is 17.0. The molecule has 20 heavy (non-hydrogen) atoms. The Kier molecular flexibility index (Phi) is 5.65. The van der Waals surface area contributed by atoms with Gasteiger partial charge in [-0.2, -0.15) is 0 Å². The van der Waals surface area contributed by atoms with E-state index >= 15 is 0 Å². The number of hydrogen-bond acceptors (Lipinski definition) is 2. The first-order chi connectivity index (χ1) is 9.17. The molecule has 0 radical (unpaired) electrons. The van der Waals surface area contributed by atoms with Gasteiger partial charge in [0.25, 0.3) is 0 Å². The highest BCUT2D eigenvalue weighted by molar-refractivity contribution is 6.74. The number of rotatable bonds is 6. The molecule has 1 aromatic rings. The van der Waals surface area contributed by atoms with E-state index in [1.807, 2.05) is 0 Å². The second-order valence-electron chi connectivity index (χ2n) is 6.66. The maximum atomic E-state index is 13.0. The van der Waals surface area contributed by atoms with Gasteiger partial charge >= 0.3 is 0 Å². The number of aldehydes is 1. The molecule has 1 rings (SSSR count). The van der Waals surface area contributed by atoms with Crippen LogP contribution in [-0.2, 0) is 9.22 Å². The average Bonchev–Trinajstić information content (AvgIpc) is 2.34. The molecule has 0 aliphatic heterocycles. The summed E-state index contributed by atoms with van der Waals surface area (Å²) in [4.78, 5) is 10.7. The minimum Gasteiger partial charge on any atom is -0.410 e. The lowest BCUT2D eigenvalue weighted by molar-refractivity contribution is -0.108. The van der Waals surface area contributed by atoms with Crippen molar-refractivity contribution in [2.75, 3.05) is 0 Å². The molecule has 0 N–H and O–H groups in total. The number of carbonyl (C=O) groups is 1. The molecule has 0 aliphatic carbocycles. The smallest absolute Gasteiger partial charge is 0.192 e. The van der Waals surface area contributed by atoms with E-state index < -0.39 is 8.32 Å². The summed E-state index contributed by atoms with van der Waals surface area (Å²) >= 11 is 0. The predicted octanol–water partition coefficient (Wildman–Crippen LogP) is 4.87. The van der Waals surface area contributed by atoms with Gasteiger partial charge in [0.2, 0.25) is 0 Å². The Bertz CT molecular complexity index is 435. The lowest BCUT2D eigenvalue weighted by atomic mass is 10.1. The van der Waals surface area contributed by atoms with Crippen molar-refractivity contribution in [1.29, 1.82) is 0 Å². The van der Waals surface area contributed by atoms with E-state index in [9.17, 15) is 9.18 Å². The van der Waals surface area contributed by atoms with Crippen LogP contribution in [0.2, 0.25) is 18.1 Å². The van der Waals surface area contributed by atoms with Gasteiger partial charge in [-0.25, -0.2) is 4.39 Å². The average molecular weight is 296 g/mol. The number of carbonyl (C=O) groups excluding carboxylic acids is 1. The fourth-order valence-corrected chi connectivity index (χ4v) is 3.04. The van der Waals surface area contributed by atoms with E-state index in [2.05, 4.69) is 33.9 Å². The number of benzene rings is 1. The Morgan fingerprint density at radius 1 is 1.25 bits per heavy atom. The summed E-state index contributed by atoms with van der Waals surface area (Å²) in [5.74, 6) is -0.254. The van der Waals surface area contributed by atoms with Crippen LogP contribution in [0.5, 0.6) is 0 Å². The highest BCUT2D eigenvalue weighted by Crippen LogP contribution is 2.40. The van der Waals surface area contributed by atoms with Crippen LogP contribution in [0.1, 0.15) is 45.3 Å². The molecule has 0 fully saturated rings. The zero-order valence-electron chi connectivity index (χ0n) is 13.1. The summed E-state index contributed by atoms with van der Waals surface area (Å²) in [6.45, 7) is 10.9. The Hall–Kier alpha value is -1.00. The van der Waals surface area contributed by atoms with Crippen LogP contribution in [0.25, 0.3) is 0 Å². The van der Waals surface area contributed by atoms with Crippen LogP contribution >= 0.6 is 0 Å². The van der Waals surface area contributed by atoms with E-state index in [0.29, 0.717) is 12.8 Å². The van der Waals surface area contributed by atoms with E-state index in [-0.39, 0.29) is 17.0 Å². The van der Waals surface area contributed by atoms with Crippen molar-refractivity contribution in [1.82, 2.24) is 0 Å². The molecule has 0 bridgehead atoms. The van der Waals surface area contributed by atoms with E-state index in [1.165, 1.54) is 12.1 Å². The highest BCUT2D eigenvalue weighted by atomic mass is 28.4. The Morgan fingerprint density at radius 2 is 1.80 bits per heavy atom. The summed E-state index contributed by atoms with van der Waals surface area (Å²) in [6, 6.07) is 6.38. The van der Waals surface area contributed by atoms with Gasteiger partial charge in [0.05, 0.1) is 6.10 Å². The van der Waals surface area contributed by atoms with Gasteiger partial charge in [0, 0.05) is 6.42 Å². The molecule has 0 unspecified atom stereocenters. The molecule has 0 amide bonds. The lowest BCUT2D eigenvalue weighted by Crippen LogP contribution is -2.41. The molecular formula is C16H25FO2Si. The van der Waals surface area contributed by atoms with Crippen LogP contribution < -0.4 is 0 Å². The molecule has 0 saturated heterocycles. The van der Waals surface area contributed by atoms with Gasteiger partial charge < -0.3 is 9.22 Å². The second kappa shape index (κ2) is 6.63. The van der Waals surface area contributed by atoms with Crippen molar-refractivity contribution in [2.45, 2.75) is 57.8 Å². The summed E-state index contributed by atoms with van der Waals surface area (Å²) in [7, 11) is -1.92. The predicted molar refractivity (Wildman–Crippen MR) is 82.7 cm³/mol. The highest BCUT2D eigenvalue weighted by Gasteiger charge is 2.39. The summed E-state index contributed by atoms with van der Waals surface area (Å²) in [6.07, 6.45) is 1.87. The fourth-order valence-electron chi connectivity index (χ4n) is 1.72. The zero-order valence-corrected chi connectivity index (χ0v) is 14.1. The van der Waals surface area contributed by atoms with E-state index in [1.54, 1.807) is 12.1 Å². The SMILES string of the molecule is CC(C)(C)[Si](C)(C)O[C@H](CCC=O)c1ccc(F)cc1. The lowest BCUT2D eigenvalue weighted by Gasteiger charge is -2.39. The molecular weight excluding hydrogens is 271 g/mol. The minimum absolute atomic E-state index is 0.104. The third-order valence-electron chi connectivity index (χ3n) is 4.03. The van der Waals surface area contributed by atoms with Crippen molar-refractivity contribution >= 4 is 14.6 Å². The number of halogens is 1. The van der Waals surface area contributed by atoms with Gasteiger partial charge in [-0.15, -0.1) is 0 Å². The standard InChI is InChI=1S/C16H25FO2Si/c1-16(2,3)20(4,5)19-15(7-6-12-18)13-8-10-14(17)11-9-13/h8-12,15H,6-7H2,1-5H3/t15-/m1/s1.